The molecular formula is C12H22N2O5S3. The van der Waals surface area contributed by atoms with E-state index in [1.165, 1.54) is 16.8 Å². The number of likely N-dealkylation sites (N-methyl/N-ethyl adjacent to an activating group) is 1. The zero-order valence-electron chi connectivity index (χ0n) is 13.2. The van der Waals surface area contributed by atoms with E-state index < -0.39 is 21.4 Å². The molecule has 0 aliphatic carbocycles. The molecule has 0 amide bonds. The number of Topliss-reactive ketones (excluding diaryl/α,β-unsaturated/α-hetero) is 1. The smallest absolute Gasteiger partial charge is 0.259 e. The first kappa shape index (κ1) is 21.0. The maximum Gasteiger partial charge on any atom is 0.259 e. The minimum Gasteiger partial charge on any atom is -0.471 e. The van der Waals surface area contributed by atoms with Crippen LogP contribution in [0.4, 0.5) is 0 Å². The average molecular weight is 371 g/mol. The Labute approximate surface area is 142 Å². The molecule has 0 unspecified atom stereocenters. The minimum absolute atomic E-state index is 0.0770. The van der Waals surface area contributed by atoms with E-state index in [1.807, 2.05) is 0 Å². The van der Waals surface area contributed by atoms with Crippen molar-refractivity contribution in [2.75, 3.05) is 45.5 Å². The monoisotopic (exact) mass is 370 g/mol. The molecular weight excluding hydrogens is 348 g/mol. The molecule has 0 aromatic rings. The molecule has 0 spiro atoms. The van der Waals surface area contributed by atoms with Crippen LogP contribution in [0.3, 0.4) is 0 Å². The number of carbonyl (C=O) groups is 1. The number of ether oxygens (including phenoxy) is 2. The third-order valence-corrected chi connectivity index (χ3v) is 4.75. The van der Waals surface area contributed by atoms with Gasteiger partial charge in [-0.1, -0.05) is 0 Å². The van der Waals surface area contributed by atoms with Crippen molar-refractivity contribution in [3.05, 3.63) is 0 Å². The molecule has 0 saturated heterocycles. The molecule has 0 atom stereocenters. The van der Waals surface area contributed by atoms with Gasteiger partial charge in [-0.2, -0.15) is 0 Å². The Kier molecular flexibility index (Phi) is 9.45. The van der Waals surface area contributed by atoms with Gasteiger partial charge in [-0.3, -0.25) is 4.79 Å². The van der Waals surface area contributed by atoms with Crippen LogP contribution in [0.2, 0.25) is 0 Å². The number of sulfone groups is 1. The van der Waals surface area contributed by atoms with Crippen LogP contribution in [0, 0.1) is 0 Å². The summed E-state index contributed by atoms with van der Waals surface area (Å²) in [6, 6.07) is 0. The van der Waals surface area contributed by atoms with Crippen LogP contribution >= 0.6 is 24.4 Å². The van der Waals surface area contributed by atoms with Crippen molar-refractivity contribution in [3.63, 3.8) is 0 Å². The summed E-state index contributed by atoms with van der Waals surface area (Å²) < 4.78 is 34.1. The van der Waals surface area contributed by atoms with Crippen molar-refractivity contribution >= 4 is 50.4 Å². The quantitative estimate of drug-likeness (QED) is 0.565. The first-order valence-electron chi connectivity index (χ1n) is 6.60. The van der Waals surface area contributed by atoms with Crippen LogP contribution < -0.4 is 0 Å². The fourth-order valence-corrected chi connectivity index (χ4v) is 3.31. The number of nitrogens with zero attached hydrogens (tertiary/aromatic N) is 2. The van der Waals surface area contributed by atoms with Crippen molar-refractivity contribution < 1.29 is 22.7 Å². The molecule has 0 bridgehead atoms. The molecule has 10 heteroatoms. The molecule has 0 N–H and O–H groups in total. The van der Waals surface area contributed by atoms with Crippen LogP contribution in [0.5, 0.6) is 0 Å². The first-order chi connectivity index (χ1) is 10.1. The summed E-state index contributed by atoms with van der Waals surface area (Å²) in [6.07, 6.45) is 0. The second-order valence-electron chi connectivity index (χ2n) is 4.51. The predicted octanol–water partition coefficient (Wildman–Crippen LogP) is 0.434. The Morgan fingerprint density at radius 3 is 1.91 bits per heavy atom. The van der Waals surface area contributed by atoms with Gasteiger partial charge in [0.2, 0.25) is 0 Å². The van der Waals surface area contributed by atoms with Crippen LogP contribution in [-0.2, 0) is 24.1 Å². The average Bonchev–Trinajstić information content (AvgIpc) is 2.37. The normalized spacial score (nSPS) is 10.7. The topological polar surface area (TPSA) is 76.2 Å². The lowest BCUT2D eigenvalue weighted by Crippen LogP contribution is -2.38. The summed E-state index contributed by atoms with van der Waals surface area (Å²) >= 11 is 9.83. The molecule has 0 radical (unpaired) electrons. The lowest BCUT2D eigenvalue weighted by atomic mass is 10.4. The van der Waals surface area contributed by atoms with Gasteiger partial charge in [-0.15, -0.1) is 0 Å². The van der Waals surface area contributed by atoms with E-state index in [9.17, 15) is 13.2 Å². The van der Waals surface area contributed by atoms with Crippen LogP contribution in [0.25, 0.3) is 0 Å². The number of thiocarbonyl (C=S) groups is 2. The van der Waals surface area contributed by atoms with Gasteiger partial charge in [-0.25, -0.2) is 8.42 Å². The number of hydrogen-bond acceptors (Lipinski definition) is 7. The summed E-state index contributed by atoms with van der Waals surface area (Å²) in [5, 5.41) is 0.232. The molecule has 0 aliphatic rings. The maximum atomic E-state index is 12.0. The van der Waals surface area contributed by atoms with E-state index in [4.69, 9.17) is 33.9 Å². The van der Waals surface area contributed by atoms with Crippen LogP contribution in [0.1, 0.15) is 13.8 Å². The van der Waals surface area contributed by atoms with Gasteiger partial charge in [0.1, 0.15) is 11.6 Å². The third-order valence-electron chi connectivity index (χ3n) is 2.34. The summed E-state index contributed by atoms with van der Waals surface area (Å²) in [6.45, 7) is 4.12. The van der Waals surface area contributed by atoms with Gasteiger partial charge in [0.15, 0.2) is 15.6 Å². The summed E-state index contributed by atoms with van der Waals surface area (Å²) in [5.41, 5.74) is 0. The number of ketones is 1. The Hall–Kier alpha value is -1.00. The molecule has 0 rings (SSSR count). The summed E-state index contributed by atoms with van der Waals surface area (Å²) in [4.78, 5) is 14.5. The SMILES string of the molecule is CCOC(=S)N(C)CC(=O)CS(=O)(=O)CN(C)C(=S)OCC. The van der Waals surface area contributed by atoms with E-state index in [0.29, 0.717) is 13.2 Å². The fraction of sp³-hybridized carbons (Fsp3) is 0.750. The molecule has 0 heterocycles. The van der Waals surface area contributed by atoms with Gasteiger partial charge < -0.3 is 19.3 Å². The first-order valence-corrected chi connectivity index (χ1v) is 9.24. The van der Waals surface area contributed by atoms with Crippen molar-refractivity contribution in [3.8, 4) is 0 Å². The second-order valence-corrected chi connectivity index (χ2v) is 7.24. The van der Waals surface area contributed by atoms with Gasteiger partial charge in [0.05, 0.1) is 19.8 Å². The highest BCUT2D eigenvalue weighted by Gasteiger charge is 2.22. The lowest BCUT2D eigenvalue weighted by Gasteiger charge is -2.20. The Balaban J connectivity index is 4.49. The van der Waals surface area contributed by atoms with E-state index in [-0.39, 0.29) is 22.8 Å². The second kappa shape index (κ2) is 9.90. The van der Waals surface area contributed by atoms with Crippen molar-refractivity contribution in [1.29, 1.82) is 0 Å². The molecule has 7 nitrogen and oxygen atoms in total. The third kappa shape index (κ3) is 8.44. The highest BCUT2D eigenvalue weighted by molar-refractivity contribution is 7.92. The molecule has 0 aromatic heterocycles. The van der Waals surface area contributed by atoms with Gasteiger partial charge in [0, 0.05) is 14.1 Å². The van der Waals surface area contributed by atoms with Crippen molar-refractivity contribution in [2.24, 2.45) is 0 Å². The Bertz CT molecular complexity index is 507. The number of hydrogen-bond donors (Lipinski definition) is 0. The molecule has 0 fully saturated rings. The van der Waals surface area contributed by atoms with Gasteiger partial charge in [0.25, 0.3) is 10.3 Å². The standard InChI is InChI=1S/C12H22N2O5S3/c1-5-18-11(20)13(3)7-10(15)8-22(16,17)9-14(4)12(21)19-6-2/h5-9H2,1-4H3. The van der Waals surface area contributed by atoms with Crippen LogP contribution in [-0.4, -0.2) is 79.8 Å². The summed E-state index contributed by atoms with van der Waals surface area (Å²) in [7, 11) is -0.564. The van der Waals surface area contributed by atoms with E-state index in [2.05, 4.69) is 0 Å². The molecule has 128 valence electrons. The molecule has 22 heavy (non-hydrogen) atoms. The van der Waals surface area contributed by atoms with Crippen LogP contribution in [0.15, 0.2) is 0 Å². The highest BCUT2D eigenvalue weighted by atomic mass is 32.2. The zero-order valence-corrected chi connectivity index (χ0v) is 15.6. The predicted molar refractivity (Wildman–Crippen MR) is 92.5 cm³/mol. The minimum atomic E-state index is -3.63. The lowest BCUT2D eigenvalue weighted by molar-refractivity contribution is -0.117. The molecule has 0 aromatic carbocycles. The number of rotatable bonds is 8. The largest absolute Gasteiger partial charge is 0.471 e. The van der Waals surface area contributed by atoms with Crippen molar-refractivity contribution in [2.45, 2.75) is 13.8 Å². The zero-order chi connectivity index (χ0) is 17.3. The number of carbonyl (C=O) groups excluding carboxylic acids is 1. The Morgan fingerprint density at radius 1 is 1.00 bits per heavy atom. The fourth-order valence-electron chi connectivity index (χ4n) is 1.48. The van der Waals surface area contributed by atoms with E-state index in [1.54, 1.807) is 20.9 Å². The van der Waals surface area contributed by atoms with E-state index in [0.717, 1.165) is 0 Å². The van der Waals surface area contributed by atoms with Gasteiger partial charge in [-0.05, 0) is 38.3 Å². The van der Waals surface area contributed by atoms with Crippen molar-refractivity contribution in [1.82, 2.24) is 9.80 Å². The van der Waals surface area contributed by atoms with E-state index >= 15 is 0 Å². The highest BCUT2D eigenvalue weighted by Crippen LogP contribution is 2.00. The Morgan fingerprint density at radius 2 is 1.45 bits per heavy atom. The molecule has 0 aliphatic heterocycles. The maximum absolute atomic E-state index is 12.0. The molecule has 0 saturated carbocycles. The summed E-state index contributed by atoms with van der Waals surface area (Å²) in [5.74, 6) is -1.44. The van der Waals surface area contributed by atoms with Gasteiger partial charge >= 0.3 is 0 Å².